The molecule has 1 saturated heterocycles. The highest BCUT2D eigenvalue weighted by Crippen LogP contribution is 2.51. The molecule has 2 spiro atoms. The SMILES string of the molecule is CC(C)Cc1ccc(C(C)C(=O)OC2CC3(CCCCC3)N([O])C3(CCCCC3)C2)cc1. The summed E-state index contributed by atoms with van der Waals surface area (Å²) in [5, 5.41) is 15.3. The van der Waals surface area contributed by atoms with Crippen LogP contribution in [-0.4, -0.2) is 28.2 Å². The lowest BCUT2D eigenvalue weighted by Gasteiger charge is -2.57. The van der Waals surface area contributed by atoms with E-state index in [1.165, 1.54) is 18.4 Å². The van der Waals surface area contributed by atoms with Gasteiger partial charge in [-0.2, -0.15) is 0 Å². The van der Waals surface area contributed by atoms with Crippen LogP contribution in [0.4, 0.5) is 0 Å². The van der Waals surface area contributed by atoms with Gasteiger partial charge in [0.05, 0.1) is 17.0 Å². The number of piperidine rings is 1. The van der Waals surface area contributed by atoms with Crippen molar-refractivity contribution in [3.8, 4) is 0 Å². The molecule has 1 aromatic rings. The van der Waals surface area contributed by atoms with E-state index in [1.54, 1.807) is 5.06 Å². The van der Waals surface area contributed by atoms with Crippen LogP contribution in [0.2, 0.25) is 0 Å². The van der Waals surface area contributed by atoms with Crippen LogP contribution in [0.1, 0.15) is 115 Å². The van der Waals surface area contributed by atoms with Gasteiger partial charge in [-0.1, -0.05) is 76.6 Å². The molecule has 4 nitrogen and oxygen atoms in total. The maximum absolute atomic E-state index is 13.8. The first kappa shape index (κ1) is 23.8. The van der Waals surface area contributed by atoms with Crippen LogP contribution in [0.25, 0.3) is 0 Å². The number of hydrogen-bond donors (Lipinski definition) is 0. The van der Waals surface area contributed by atoms with Crippen LogP contribution in [0.5, 0.6) is 0 Å². The molecule has 1 unspecified atom stereocenters. The maximum Gasteiger partial charge on any atom is 0.313 e. The van der Waals surface area contributed by atoms with E-state index in [2.05, 4.69) is 38.1 Å². The Kier molecular flexibility index (Phi) is 7.31. The molecule has 1 atom stereocenters. The van der Waals surface area contributed by atoms with Gasteiger partial charge in [0.15, 0.2) is 0 Å². The van der Waals surface area contributed by atoms with E-state index >= 15 is 0 Å². The van der Waals surface area contributed by atoms with Gasteiger partial charge in [-0.3, -0.25) is 4.79 Å². The minimum atomic E-state index is -0.319. The van der Waals surface area contributed by atoms with Crippen molar-refractivity contribution in [3.63, 3.8) is 0 Å². The fourth-order valence-corrected chi connectivity index (χ4v) is 6.72. The maximum atomic E-state index is 13.8. The molecular formula is C28H42NO3. The van der Waals surface area contributed by atoms with Crippen molar-refractivity contribution < 1.29 is 14.7 Å². The molecule has 32 heavy (non-hydrogen) atoms. The molecule has 1 radical (unpaired) electrons. The summed E-state index contributed by atoms with van der Waals surface area (Å²) in [6.45, 7) is 6.40. The summed E-state index contributed by atoms with van der Waals surface area (Å²) in [6.07, 6.45) is 13.1. The van der Waals surface area contributed by atoms with Gasteiger partial charge in [0.2, 0.25) is 0 Å². The van der Waals surface area contributed by atoms with Crippen molar-refractivity contribution in [3.05, 3.63) is 35.4 Å². The number of hydroxylamine groups is 2. The molecule has 0 bridgehead atoms. The third-order valence-corrected chi connectivity index (χ3v) is 8.41. The fourth-order valence-electron chi connectivity index (χ4n) is 6.72. The molecule has 2 aliphatic carbocycles. The second kappa shape index (κ2) is 9.85. The molecule has 0 N–H and O–H groups in total. The predicted molar refractivity (Wildman–Crippen MR) is 127 cm³/mol. The highest BCUT2D eigenvalue weighted by atomic mass is 16.5. The number of benzene rings is 1. The van der Waals surface area contributed by atoms with Crippen molar-refractivity contribution >= 4 is 5.97 Å². The minimum absolute atomic E-state index is 0.133. The molecule has 1 heterocycles. The topological polar surface area (TPSA) is 49.4 Å². The third kappa shape index (κ3) is 4.92. The number of ether oxygens (including phenoxy) is 1. The average molecular weight is 441 g/mol. The highest BCUT2D eigenvalue weighted by Gasteiger charge is 2.56. The first-order valence-electron chi connectivity index (χ1n) is 13.1. The first-order valence-corrected chi connectivity index (χ1v) is 13.1. The molecule has 4 heteroatoms. The summed E-state index contributed by atoms with van der Waals surface area (Å²) < 4.78 is 6.20. The summed E-state index contributed by atoms with van der Waals surface area (Å²) >= 11 is 0. The summed E-state index contributed by atoms with van der Waals surface area (Å²) in [5.74, 6) is 0.204. The number of carbonyl (C=O) groups is 1. The Bertz CT molecular complexity index is 731. The van der Waals surface area contributed by atoms with Crippen molar-refractivity contribution in [2.45, 2.75) is 127 Å². The summed E-state index contributed by atoms with van der Waals surface area (Å²) in [4.78, 5) is 13.2. The van der Waals surface area contributed by atoms with Crippen LogP contribution >= 0.6 is 0 Å². The van der Waals surface area contributed by atoms with Crippen LogP contribution < -0.4 is 0 Å². The Hall–Kier alpha value is -1.39. The normalized spacial score (nSPS) is 26.3. The molecule has 0 amide bonds. The van der Waals surface area contributed by atoms with Crippen LogP contribution in [0, 0.1) is 5.92 Å². The lowest BCUT2D eigenvalue weighted by Crippen LogP contribution is -2.66. The number of carbonyl (C=O) groups excluding carboxylic acids is 1. The summed E-state index contributed by atoms with van der Waals surface area (Å²) in [6, 6.07) is 8.44. The summed E-state index contributed by atoms with van der Waals surface area (Å²) in [7, 11) is 0. The van der Waals surface area contributed by atoms with Gasteiger partial charge >= 0.3 is 5.97 Å². The Morgan fingerprint density at radius 2 is 1.41 bits per heavy atom. The van der Waals surface area contributed by atoms with E-state index in [-0.39, 0.29) is 29.1 Å². The Labute approximate surface area is 194 Å². The zero-order chi connectivity index (χ0) is 22.8. The fraction of sp³-hybridized carbons (Fsp3) is 0.750. The van der Waals surface area contributed by atoms with E-state index in [0.29, 0.717) is 18.8 Å². The molecule has 177 valence electrons. The van der Waals surface area contributed by atoms with Gasteiger partial charge in [-0.25, -0.2) is 0 Å². The number of nitrogens with zero attached hydrogens (tertiary/aromatic N) is 1. The smallest absolute Gasteiger partial charge is 0.313 e. The molecule has 4 rings (SSSR count). The monoisotopic (exact) mass is 440 g/mol. The predicted octanol–water partition coefficient (Wildman–Crippen LogP) is 6.75. The van der Waals surface area contributed by atoms with E-state index in [0.717, 1.165) is 63.4 Å². The van der Waals surface area contributed by atoms with E-state index in [4.69, 9.17) is 4.74 Å². The Balaban J connectivity index is 1.47. The highest BCUT2D eigenvalue weighted by molar-refractivity contribution is 5.77. The van der Waals surface area contributed by atoms with Crippen molar-refractivity contribution in [2.75, 3.05) is 0 Å². The molecular weight excluding hydrogens is 398 g/mol. The van der Waals surface area contributed by atoms with Gasteiger partial charge in [-0.15, -0.1) is 10.3 Å². The van der Waals surface area contributed by atoms with Crippen molar-refractivity contribution in [2.24, 2.45) is 5.92 Å². The van der Waals surface area contributed by atoms with Gasteiger partial charge in [0.1, 0.15) is 6.10 Å². The molecule has 2 saturated carbocycles. The van der Waals surface area contributed by atoms with E-state index in [1.807, 2.05) is 6.92 Å². The van der Waals surface area contributed by atoms with Gasteiger partial charge in [0, 0.05) is 12.8 Å². The standard InChI is InChI=1S/C28H42NO3/c1-21(2)18-23-10-12-24(13-11-23)22(3)26(30)32-25-19-27(14-6-4-7-15-27)29(31)28(20-25)16-8-5-9-17-28/h10-13,21-22,25H,4-9,14-20H2,1-3H3. The lowest BCUT2D eigenvalue weighted by molar-refractivity contribution is -0.328. The van der Waals surface area contributed by atoms with Crippen LogP contribution in [0.3, 0.4) is 0 Å². The Morgan fingerprint density at radius 1 is 0.906 bits per heavy atom. The van der Waals surface area contributed by atoms with Crippen molar-refractivity contribution in [1.29, 1.82) is 0 Å². The van der Waals surface area contributed by atoms with Gasteiger partial charge in [0.25, 0.3) is 0 Å². The molecule has 3 aliphatic rings. The van der Waals surface area contributed by atoms with E-state index < -0.39 is 0 Å². The zero-order valence-corrected chi connectivity index (χ0v) is 20.4. The largest absolute Gasteiger partial charge is 0.462 e. The first-order chi connectivity index (χ1) is 15.3. The molecule has 1 aliphatic heterocycles. The second-order valence-corrected chi connectivity index (χ2v) is 11.4. The third-order valence-electron chi connectivity index (χ3n) is 8.41. The summed E-state index contributed by atoms with van der Waals surface area (Å²) in [5.41, 5.74) is 1.69. The second-order valence-electron chi connectivity index (χ2n) is 11.4. The molecule has 0 aromatic heterocycles. The van der Waals surface area contributed by atoms with Crippen LogP contribution in [0.15, 0.2) is 24.3 Å². The number of hydrogen-bond acceptors (Lipinski definition) is 3. The number of rotatable bonds is 5. The van der Waals surface area contributed by atoms with Gasteiger partial charge < -0.3 is 4.74 Å². The lowest BCUT2D eigenvalue weighted by atomic mass is 9.66. The van der Waals surface area contributed by atoms with Crippen molar-refractivity contribution in [1.82, 2.24) is 5.06 Å². The van der Waals surface area contributed by atoms with E-state index in [9.17, 15) is 10.0 Å². The molecule has 1 aromatic carbocycles. The average Bonchev–Trinajstić information content (AvgIpc) is 2.78. The zero-order valence-electron chi connectivity index (χ0n) is 20.4. The van der Waals surface area contributed by atoms with Gasteiger partial charge in [-0.05, 0) is 56.1 Å². The Morgan fingerprint density at radius 3 is 1.88 bits per heavy atom. The minimum Gasteiger partial charge on any atom is -0.462 e. The van der Waals surface area contributed by atoms with Crippen LogP contribution in [-0.2, 0) is 21.2 Å². The number of esters is 1. The molecule has 3 fully saturated rings. The quantitative estimate of drug-likeness (QED) is 0.476.